The van der Waals surface area contributed by atoms with E-state index >= 15 is 0 Å². The van der Waals surface area contributed by atoms with Crippen LogP contribution in [0.15, 0.2) is 40.3 Å². The number of benzene rings is 1. The smallest absolute Gasteiger partial charge is 0.262 e. The molecule has 1 aromatic carbocycles. The van der Waals surface area contributed by atoms with Crippen LogP contribution in [0.25, 0.3) is 10.9 Å². The molecule has 7 nitrogen and oxygen atoms in total. The summed E-state index contributed by atoms with van der Waals surface area (Å²) in [6.45, 7) is 9.01. The highest BCUT2D eigenvalue weighted by Crippen LogP contribution is 2.38. The Morgan fingerprint density at radius 3 is 2.68 bits per heavy atom. The van der Waals surface area contributed by atoms with E-state index in [0.717, 1.165) is 56.2 Å². The third kappa shape index (κ3) is 4.85. The van der Waals surface area contributed by atoms with Crippen molar-refractivity contribution in [1.82, 2.24) is 19.0 Å². The van der Waals surface area contributed by atoms with Crippen LogP contribution in [0.5, 0.6) is 0 Å². The zero-order valence-electron chi connectivity index (χ0n) is 20.0. The van der Waals surface area contributed by atoms with E-state index in [1.54, 1.807) is 4.57 Å². The van der Waals surface area contributed by atoms with E-state index in [0.29, 0.717) is 28.6 Å². The quantitative estimate of drug-likeness (QED) is 0.263. The number of morpholine rings is 1. The highest BCUT2D eigenvalue weighted by molar-refractivity contribution is 7.99. The molecule has 1 saturated heterocycles. The van der Waals surface area contributed by atoms with E-state index < -0.39 is 0 Å². The number of thioether (sulfide) groups is 1. The number of aryl methyl sites for hydroxylation is 1. The van der Waals surface area contributed by atoms with Crippen molar-refractivity contribution in [3.63, 3.8) is 0 Å². The number of rotatable bonds is 9. The van der Waals surface area contributed by atoms with Crippen LogP contribution >= 0.6 is 11.8 Å². The highest BCUT2D eigenvalue weighted by atomic mass is 32.2. The maximum absolute atomic E-state index is 13.3. The van der Waals surface area contributed by atoms with E-state index in [1.807, 2.05) is 37.3 Å². The highest BCUT2D eigenvalue weighted by Gasteiger charge is 2.28. The second kappa shape index (κ2) is 10.1. The van der Waals surface area contributed by atoms with Crippen molar-refractivity contribution >= 4 is 28.4 Å². The van der Waals surface area contributed by atoms with E-state index in [1.165, 1.54) is 24.6 Å². The molecule has 3 aromatic rings. The molecule has 180 valence electrons. The van der Waals surface area contributed by atoms with Gasteiger partial charge in [-0.3, -0.25) is 19.1 Å². The molecule has 0 spiro atoms. The van der Waals surface area contributed by atoms with E-state index in [9.17, 15) is 9.59 Å². The Bertz CT molecular complexity index is 1250. The molecule has 1 aliphatic carbocycles. The van der Waals surface area contributed by atoms with E-state index in [-0.39, 0.29) is 17.1 Å². The number of carbonyl (C=O) groups excluding carboxylic acids is 1. The Kier molecular flexibility index (Phi) is 6.90. The largest absolute Gasteiger partial charge is 0.379 e. The number of fused-ring (bicyclic) bond motifs is 1. The van der Waals surface area contributed by atoms with Crippen LogP contribution in [0.3, 0.4) is 0 Å². The summed E-state index contributed by atoms with van der Waals surface area (Å²) in [5.74, 6) is 0.357. The zero-order valence-corrected chi connectivity index (χ0v) is 20.8. The molecule has 1 saturated carbocycles. The number of nitrogens with zero attached hydrogens (tertiary/aromatic N) is 4. The van der Waals surface area contributed by atoms with Crippen LogP contribution in [0.1, 0.15) is 47.1 Å². The van der Waals surface area contributed by atoms with Gasteiger partial charge in [-0.2, -0.15) is 0 Å². The SMILES string of the molecule is Cc1cc(C(=O)CSc2nc3ccccc3c(=O)n2CCCN2CCOCC2)c(C)n1C1CC1. The van der Waals surface area contributed by atoms with Gasteiger partial charge in [-0.15, -0.1) is 0 Å². The predicted octanol–water partition coefficient (Wildman–Crippen LogP) is 3.85. The van der Waals surface area contributed by atoms with Gasteiger partial charge in [0.1, 0.15) is 0 Å². The van der Waals surface area contributed by atoms with Gasteiger partial charge < -0.3 is 9.30 Å². The van der Waals surface area contributed by atoms with E-state index in [4.69, 9.17) is 9.72 Å². The molecule has 3 heterocycles. The first kappa shape index (κ1) is 23.3. The van der Waals surface area contributed by atoms with Gasteiger partial charge in [-0.25, -0.2) is 4.98 Å². The fourth-order valence-corrected chi connectivity index (χ4v) is 5.80. The number of ether oxygens (including phenoxy) is 1. The normalized spacial score (nSPS) is 16.9. The van der Waals surface area contributed by atoms with Gasteiger partial charge in [-0.1, -0.05) is 23.9 Å². The van der Waals surface area contributed by atoms with Crippen molar-refractivity contribution in [2.45, 2.75) is 50.9 Å². The molecule has 0 radical (unpaired) electrons. The van der Waals surface area contributed by atoms with Gasteiger partial charge >= 0.3 is 0 Å². The van der Waals surface area contributed by atoms with Crippen LogP contribution in [0, 0.1) is 13.8 Å². The molecule has 0 amide bonds. The number of hydrogen-bond acceptors (Lipinski definition) is 6. The fraction of sp³-hybridized carbons (Fsp3) is 0.500. The molecule has 2 aliphatic rings. The van der Waals surface area contributed by atoms with Crippen LogP contribution in [-0.2, 0) is 11.3 Å². The second-order valence-electron chi connectivity index (χ2n) is 9.27. The first-order valence-electron chi connectivity index (χ1n) is 12.2. The lowest BCUT2D eigenvalue weighted by Crippen LogP contribution is -2.37. The van der Waals surface area contributed by atoms with Gasteiger partial charge in [0.05, 0.1) is 29.9 Å². The number of ketones is 1. The standard InChI is InChI=1S/C26H32N4O3S/c1-18-16-22(19(2)30(18)20-8-9-20)24(31)17-34-26-27-23-7-4-3-6-21(23)25(32)29(26)11-5-10-28-12-14-33-15-13-28/h3-4,6-7,16,20H,5,8-15,17H2,1-2H3. The molecule has 5 rings (SSSR count). The zero-order chi connectivity index (χ0) is 23.7. The van der Waals surface area contributed by atoms with Crippen LogP contribution in [0.2, 0.25) is 0 Å². The van der Waals surface area contributed by atoms with Crippen LogP contribution < -0.4 is 5.56 Å². The molecular weight excluding hydrogens is 448 g/mol. The first-order valence-corrected chi connectivity index (χ1v) is 13.2. The Hall–Kier alpha value is -2.42. The molecule has 0 unspecified atom stereocenters. The van der Waals surface area contributed by atoms with Crippen molar-refractivity contribution in [3.05, 3.63) is 57.6 Å². The third-order valence-corrected chi connectivity index (χ3v) is 7.79. The number of aromatic nitrogens is 3. The maximum atomic E-state index is 13.3. The molecule has 1 aliphatic heterocycles. The lowest BCUT2D eigenvalue weighted by atomic mass is 10.2. The van der Waals surface area contributed by atoms with Crippen molar-refractivity contribution < 1.29 is 9.53 Å². The van der Waals surface area contributed by atoms with Crippen molar-refractivity contribution in [2.24, 2.45) is 0 Å². The predicted molar refractivity (Wildman–Crippen MR) is 135 cm³/mol. The molecule has 0 atom stereocenters. The summed E-state index contributed by atoms with van der Waals surface area (Å²) >= 11 is 1.37. The number of hydrogen-bond donors (Lipinski definition) is 0. The molecule has 2 aromatic heterocycles. The van der Waals surface area contributed by atoms with Gasteiger partial charge in [-0.05, 0) is 51.3 Å². The summed E-state index contributed by atoms with van der Waals surface area (Å²) in [6.07, 6.45) is 3.23. The average Bonchev–Trinajstić information content (AvgIpc) is 3.63. The first-order chi connectivity index (χ1) is 16.5. The summed E-state index contributed by atoms with van der Waals surface area (Å²) in [4.78, 5) is 33.6. The fourth-order valence-electron chi connectivity index (χ4n) is 4.89. The summed E-state index contributed by atoms with van der Waals surface area (Å²) < 4.78 is 9.49. The molecule has 2 fully saturated rings. The Labute approximate surface area is 204 Å². The summed E-state index contributed by atoms with van der Waals surface area (Å²) in [5, 5.41) is 1.24. The monoisotopic (exact) mass is 480 g/mol. The third-order valence-electron chi connectivity index (χ3n) is 6.82. The van der Waals surface area contributed by atoms with Gasteiger partial charge in [0.2, 0.25) is 0 Å². The lowest BCUT2D eigenvalue weighted by Gasteiger charge is -2.26. The number of carbonyl (C=O) groups is 1. The molecule has 0 bridgehead atoms. The Morgan fingerprint density at radius 2 is 1.91 bits per heavy atom. The number of para-hydroxylation sites is 1. The summed E-state index contributed by atoms with van der Waals surface area (Å²) in [6, 6.07) is 10.0. The van der Waals surface area contributed by atoms with Crippen molar-refractivity contribution in [2.75, 3.05) is 38.6 Å². The minimum Gasteiger partial charge on any atom is -0.379 e. The van der Waals surface area contributed by atoms with Gasteiger partial charge in [0, 0.05) is 49.2 Å². The lowest BCUT2D eigenvalue weighted by molar-refractivity contribution is 0.0368. The summed E-state index contributed by atoms with van der Waals surface area (Å²) in [5.41, 5.74) is 3.64. The minimum atomic E-state index is -0.0329. The molecule has 8 heteroatoms. The van der Waals surface area contributed by atoms with Crippen LogP contribution in [-0.4, -0.2) is 63.4 Å². The maximum Gasteiger partial charge on any atom is 0.262 e. The molecule has 34 heavy (non-hydrogen) atoms. The summed E-state index contributed by atoms with van der Waals surface area (Å²) in [7, 11) is 0. The molecule has 0 N–H and O–H groups in total. The second-order valence-corrected chi connectivity index (χ2v) is 10.2. The number of Topliss-reactive ketones (excluding diaryl/α,β-unsaturated/α-hetero) is 1. The van der Waals surface area contributed by atoms with Gasteiger partial charge in [0.25, 0.3) is 5.56 Å². The van der Waals surface area contributed by atoms with Crippen molar-refractivity contribution in [3.8, 4) is 0 Å². The average molecular weight is 481 g/mol. The van der Waals surface area contributed by atoms with Crippen molar-refractivity contribution in [1.29, 1.82) is 0 Å². The Balaban J connectivity index is 1.35. The topological polar surface area (TPSA) is 69.4 Å². The van der Waals surface area contributed by atoms with Crippen LogP contribution in [0.4, 0.5) is 0 Å². The Morgan fingerprint density at radius 1 is 1.15 bits per heavy atom. The van der Waals surface area contributed by atoms with Gasteiger partial charge in [0.15, 0.2) is 10.9 Å². The minimum absolute atomic E-state index is 0.0329. The van der Waals surface area contributed by atoms with E-state index in [2.05, 4.69) is 16.4 Å². The molecular formula is C26H32N4O3S.